The number of rotatable bonds is 4. The molecule has 0 radical (unpaired) electrons. The number of ether oxygens (including phenoxy) is 1. The lowest BCUT2D eigenvalue weighted by Crippen LogP contribution is -2.17. The van der Waals surface area contributed by atoms with Crippen molar-refractivity contribution in [3.05, 3.63) is 47.2 Å². The lowest BCUT2D eigenvalue weighted by molar-refractivity contribution is -0.137. The van der Waals surface area contributed by atoms with Crippen LogP contribution in [0.25, 0.3) is 0 Å². The third-order valence-electron chi connectivity index (χ3n) is 2.60. The number of allylic oxidation sites excluding steroid dienone is 1. The Morgan fingerprint density at radius 2 is 2.05 bits per heavy atom. The number of hydrogen-bond donors (Lipinski definition) is 1. The van der Waals surface area contributed by atoms with Gasteiger partial charge >= 0.3 is 6.18 Å². The largest absolute Gasteiger partial charge is 0.416 e. The summed E-state index contributed by atoms with van der Waals surface area (Å²) in [6, 6.07) is 4.18. The van der Waals surface area contributed by atoms with Crippen molar-refractivity contribution in [2.75, 3.05) is 7.11 Å². The van der Waals surface area contributed by atoms with Gasteiger partial charge in [0.1, 0.15) is 0 Å². The zero-order chi connectivity index (χ0) is 14.6. The molecule has 0 spiro atoms. The Morgan fingerprint density at radius 3 is 2.58 bits per heavy atom. The van der Waals surface area contributed by atoms with Gasteiger partial charge in [-0.25, -0.2) is 0 Å². The maximum Gasteiger partial charge on any atom is 0.416 e. The Bertz CT molecular complexity index is 495. The average molecular weight is 273 g/mol. The summed E-state index contributed by atoms with van der Waals surface area (Å²) in [6.45, 7) is 1.63. The lowest BCUT2D eigenvalue weighted by Gasteiger charge is -2.10. The summed E-state index contributed by atoms with van der Waals surface area (Å²) in [6.07, 6.45) is -3.88. The van der Waals surface area contributed by atoms with E-state index in [-0.39, 0.29) is 11.3 Å². The van der Waals surface area contributed by atoms with Crippen molar-refractivity contribution in [3.63, 3.8) is 0 Å². The van der Waals surface area contributed by atoms with Crippen molar-refractivity contribution in [1.29, 1.82) is 0 Å². The minimum atomic E-state index is -4.48. The van der Waals surface area contributed by atoms with Gasteiger partial charge in [-0.1, -0.05) is 12.1 Å². The summed E-state index contributed by atoms with van der Waals surface area (Å²) in [5.74, 6) is -0.590. The molecule has 1 aromatic carbocycles. The van der Waals surface area contributed by atoms with E-state index < -0.39 is 23.6 Å². The molecule has 0 saturated carbocycles. The Balaban J connectivity index is 3.02. The zero-order valence-corrected chi connectivity index (χ0v) is 10.5. The molecule has 0 aliphatic carbocycles. The number of nitrogens with two attached hydrogens (primary N) is 1. The average Bonchev–Trinajstić information content (AvgIpc) is 2.36. The van der Waals surface area contributed by atoms with E-state index in [4.69, 9.17) is 10.5 Å². The number of alkyl halides is 3. The van der Waals surface area contributed by atoms with Crippen LogP contribution in [-0.2, 0) is 10.9 Å². The first-order chi connectivity index (χ1) is 8.75. The van der Waals surface area contributed by atoms with Crippen LogP contribution in [0, 0.1) is 0 Å². The molecule has 2 N–H and O–H groups in total. The summed E-state index contributed by atoms with van der Waals surface area (Å²) in [5, 5.41) is 0. The zero-order valence-electron chi connectivity index (χ0n) is 10.5. The molecule has 1 atom stereocenters. The molecule has 0 amide bonds. The molecule has 19 heavy (non-hydrogen) atoms. The monoisotopic (exact) mass is 273 g/mol. The summed E-state index contributed by atoms with van der Waals surface area (Å²) in [7, 11) is 1.42. The van der Waals surface area contributed by atoms with Gasteiger partial charge < -0.3 is 10.5 Å². The van der Waals surface area contributed by atoms with Crippen LogP contribution in [-0.4, -0.2) is 19.0 Å². The molecule has 0 bridgehead atoms. The molecule has 104 valence electrons. The van der Waals surface area contributed by atoms with Gasteiger partial charge in [-0.15, -0.1) is 0 Å². The Morgan fingerprint density at radius 1 is 1.42 bits per heavy atom. The van der Waals surface area contributed by atoms with Gasteiger partial charge in [-0.3, -0.25) is 4.79 Å². The number of carbonyl (C=O) groups is 1. The molecule has 0 aliphatic heterocycles. The van der Waals surface area contributed by atoms with E-state index >= 15 is 0 Å². The van der Waals surface area contributed by atoms with Crippen LogP contribution in [0.1, 0.15) is 22.8 Å². The van der Waals surface area contributed by atoms with Crippen LogP contribution in [0.5, 0.6) is 0 Å². The summed E-state index contributed by atoms with van der Waals surface area (Å²) >= 11 is 0. The number of halogens is 3. The van der Waals surface area contributed by atoms with Gasteiger partial charge in [0.05, 0.1) is 11.7 Å². The minimum absolute atomic E-state index is 0.0684. The fourth-order valence-electron chi connectivity index (χ4n) is 1.34. The Kier molecular flexibility index (Phi) is 4.72. The van der Waals surface area contributed by atoms with E-state index in [0.717, 1.165) is 18.2 Å². The predicted octanol–water partition coefficient (Wildman–Crippen LogP) is 2.77. The molecule has 0 saturated heterocycles. The van der Waals surface area contributed by atoms with Crippen LogP contribution < -0.4 is 5.73 Å². The number of carbonyl (C=O) groups excluding carboxylic acids is 1. The number of methoxy groups -OCH3 is 1. The molecule has 1 rings (SSSR count). The van der Waals surface area contributed by atoms with E-state index in [2.05, 4.69) is 0 Å². The molecule has 6 heteroatoms. The fourth-order valence-corrected chi connectivity index (χ4v) is 1.34. The number of ketones is 1. The molecule has 0 aliphatic rings. The van der Waals surface area contributed by atoms with Crippen LogP contribution in [0.4, 0.5) is 13.2 Å². The highest BCUT2D eigenvalue weighted by atomic mass is 19.4. The van der Waals surface area contributed by atoms with Gasteiger partial charge in [-0.2, -0.15) is 13.2 Å². The van der Waals surface area contributed by atoms with Gasteiger partial charge in [0, 0.05) is 24.4 Å². The van der Waals surface area contributed by atoms with Crippen LogP contribution in [0.15, 0.2) is 36.0 Å². The Labute approximate surface area is 108 Å². The van der Waals surface area contributed by atoms with Crippen LogP contribution in [0.2, 0.25) is 0 Å². The predicted molar refractivity (Wildman–Crippen MR) is 64.5 cm³/mol. The Hall–Kier alpha value is -1.82. The molecule has 0 heterocycles. The molecule has 1 aromatic rings. The second kappa shape index (κ2) is 5.88. The summed E-state index contributed by atoms with van der Waals surface area (Å²) in [4.78, 5) is 11.8. The first-order valence-corrected chi connectivity index (χ1v) is 5.47. The van der Waals surface area contributed by atoms with Crippen LogP contribution in [0.3, 0.4) is 0 Å². The quantitative estimate of drug-likeness (QED) is 0.678. The SMILES string of the molecule is COC(C)C(N)=CC(=O)c1cccc(C(F)(F)F)c1. The molecule has 3 nitrogen and oxygen atoms in total. The fraction of sp³-hybridized carbons (Fsp3) is 0.308. The third kappa shape index (κ3) is 4.10. The normalized spacial score (nSPS) is 14.3. The van der Waals surface area contributed by atoms with E-state index in [9.17, 15) is 18.0 Å². The highest BCUT2D eigenvalue weighted by Gasteiger charge is 2.30. The lowest BCUT2D eigenvalue weighted by atomic mass is 10.1. The van der Waals surface area contributed by atoms with Crippen molar-refractivity contribution >= 4 is 5.78 Å². The van der Waals surface area contributed by atoms with Crippen molar-refractivity contribution in [1.82, 2.24) is 0 Å². The minimum Gasteiger partial charge on any atom is -0.400 e. The topological polar surface area (TPSA) is 52.3 Å². The maximum absolute atomic E-state index is 12.5. The van der Waals surface area contributed by atoms with Crippen molar-refractivity contribution in [3.8, 4) is 0 Å². The van der Waals surface area contributed by atoms with Crippen molar-refractivity contribution in [2.45, 2.75) is 19.2 Å². The molecule has 0 aromatic heterocycles. The van der Waals surface area contributed by atoms with Crippen molar-refractivity contribution in [2.24, 2.45) is 5.73 Å². The number of benzene rings is 1. The van der Waals surface area contributed by atoms with Crippen LogP contribution >= 0.6 is 0 Å². The molecule has 0 fully saturated rings. The van der Waals surface area contributed by atoms with Crippen molar-refractivity contribution < 1.29 is 22.7 Å². The first-order valence-electron chi connectivity index (χ1n) is 5.47. The smallest absolute Gasteiger partial charge is 0.400 e. The number of hydrogen-bond acceptors (Lipinski definition) is 3. The van der Waals surface area contributed by atoms with E-state index in [1.165, 1.54) is 19.2 Å². The first kappa shape index (κ1) is 15.2. The second-order valence-electron chi connectivity index (χ2n) is 3.97. The standard InChI is InChI=1S/C13H14F3NO2/c1-8(19-2)11(17)7-12(18)9-4-3-5-10(6-9)13(14,15)16/h3-8H,17H2,1-2H3. The highest BCUT2D eigenvalue weighted by Crippen LogP contribution is 2.29. The van der Waals surface area contributed by atoms with Gasteiger partial charge in [-0.05, 0) is 19.1 Å². The summed E-state index contributed by atoms with van der Waals surface area (Å²) in [5.41, 5.74) is 4.80. The van der Waals surface area contributed by atoms with Gasteiger partial charge in [0.25, 0.3) is 0 Å². The third-order valence-corrected chi connectivity index (χ3v) is 2.60. The maximum atomic E-state index is 12.5. The van der Waals surface area contributed by atoms with E-state index in [1.54, 1.807) is 6.92 Å². The van der Waals surface area contributed by atoms with E-state index in [0.29, 0.717) is 0 Å². The molecule has 1 unspecified atom stereocenters. The van der Waals surface area contributed by atoms with E-state index in [1.807, 2.05) is 0 Å². The highest BCUT2D eigenvalue weighted by molar-refractivity contribution is 6.05. The van der Waals surface area contributed by atoms with Gasteiger partial charge in [0.2, 0.25) is 0 Å². The second-order valence-corrected chi connectivity index (χ2v) is 3.97. The molecular weight excluding hydrogens is 259 g/mol. The van der Waals surface area contributed by atoms with Gasteiger partial charge in [0.15, 0.2) is 5.78 Å². The summed E-state index contributed by atoms with van der Waals surface area (Å²) < 4.78 is 42.4. The molecular formula is C13H14F3NO2.